The van der Waals surface area contributed by atoms with Crippen LogP contribution < -0.4 is 5.56 Å². The van der Waals surface area contributed by atoms with E-state index in [-0.39, 0.29) is 11.5 Å². The van der Waals surface area contributed by atoms with E-state index in [0.29, 0.717) is 19.4 Å². The van der Waals surface area contributed by atoms with Gasteiger partial charge in [0.05, 0.1) is 5.69 Å². The lowest BCUT2D eigenvalue weighted by molar-refractivity contribution is -0.133. The Morgan fingerprint density at radius 2 is 1.62 bits per heavy atom. The summed E-state index contributed by atoms with van der Waals surface area (Å²) in [5.74, 6) is 0.154. The Morgan fingerprint density at radius 3 is 2.34 bits per heavy atom. The lowest BCUT2D eigenvalue weighted by Crippen LogP contribution is -2.48. The van der Waals surface area contributed by atoms with Crippen LogP contribution >= 0.6 is 15.9 Å². The first kappa shape index (κ1) is 22.4. The van der Waals surface area contributed by atoms with Crippen molar-refractivity contribution < 1.29 is 4.79 Å². The van der Waals surface area contributed by atoms with Crippen molar-refractivity contribution in [3.63, 3.8) is 0 Å². The largest absolute Gasteiger partial charge is 0.340 e. The first-order chi connectivity index (χ1) is 15.6. The quantitative estimate of drug-likeness (QED) is 0.501. The van der Waals surface area contributed by atoms with Crippen LogP contribution in [0.15, 0.2) is 76.0 Å². The maximum Gasteiger partial charge on any atom is 0.266 e. The van der Waals surface area contributed by atoms with Crippen molar-refractivity contribution >= 4 is 21.8 Å². The summed E-state index contributed by atoms with van der Waals surface area (Å²) in [4.78, 5) is 29.2. The minimum Gasteiger partial charge on any atom is -0.340 e. The molecule has 4 rings (SSSR count). The number of aromatic nitrogens is 2. The number of amides is 1. The van der Waals surface area contributed by atoms with E-state index >= 15 is 0 Å². The SMILES string of the molecule is O=C(CCCn1nc(-c2ccc(Br)cc2)ccc1=O)N1CCN(Cc2ccccc2)CC1. The number of carbonyl (C=O) groups is 1. The van der Waals surface area contributed by atoms with Crippen LogP contribution in [0.25, 0.3) is 11.3 Å². The van der Waals surface area contributed by atoms with Gasteiger partial charge in [0, 0.05) is 61.8 Å². The highest BCUT2D eigenvalue weighted by Crippen LogP contribution is 2.19. The Bertz CT molecular complexity index is 1090. The topological polar surface area (TPSA) is 58.4 Å². The van der Waals surface area contributed by atoms with Gasteiger partial charge in [0.2, 0.25) is 5.91 Å². The summed E-state index contributed by atoms with van der Waals surface area (Å²) in [5, 5.41) is 4.49. The van der Waals surface area contributed by atoms with Crippen molar-refractivity contribution in [1.82, 2.24) is 19.6 Å². The predicted octanol–water partition coefficient (Wildman–Crippen LogP) is 3.80. The third-order valence-corrected chi connectivity index (χ3v) is 6.27. The van der Waals surface area contributed by atoms with Gasteiger partial charge in [-0.1, -0.05) is 58.4 Å². The molecule has 0 saturated carbocycles. The number of piperazine rings is 1. The molecule has 1 aromatic heterocycles. The maximum absolute atomic E-state index is 12.7. The van der Waals surface area contributed by atoms with E-state index in [9.17, 15) is 9.59 Å². The van der Waals surface area contributed by atoms with Crippen molar-refractivity contribution in [2.45, 2.75) is 25.9 Å². The van der Waals surface area contributed by atoms with Crippen LogP contribution in [0.1, 0.15) is 18.4 Å². The van der Waals surface area contributed by atoms with Gasteiger partial charge in [-0.25, -0.2) is 4.68 Å². The molecule has 0 aliphatic carbocycles. The Kier molecular flexibility index (Phi) is 7.50. The van der Waals surface area contributed by atoms with Crippen molar-refractivity contribution in [3.05, 3.63) is 87.1 Å². The number of nitrogens with zero attached hydrogens (tertiary/aromatic N) is 4. The molecule has 166 valence electrons. The average molecular weight is 495 g/mol. The van der Waals surface area contributed by atoms with Gasteiger partial charge in [-0.2, -0.15) is 5.10 Å². The number of halogens is 1. The van der Waals surface area contributed by atoms with Crippen LogP contribution in [-0.4, -0.2) is 51.7 Å². The Balaban J connectivity index is 1.26. The summed E-state index contributed by atoms with van der Waals surface area (Å²) < 4.78 is 2.46. The molecule has 1 aliphatic rings. The molecule has 3 aromatic rings. The molecule has 7 heteroatoms. The van der Waals surface area contributed by atoms with E-state index < -0.39 is 0 Å². The fourth-order valence-corrected chi connectivity index (χ4v) is 4.18. The monoisotopic (exact) mass is 494 g/mol. The third-order valence-electron chi connectivity index (χ3n) is 5.74. The summed E-state index contributed by atoms with van der Waals surface area (Å²) in [7, 11) is 0. The second-order valence-electron chi connectivity index (χ2n) is 8.03. The van der Waals surface area contributed by atoms with Gasteiger partial charge in [0.25, 0.3) is 5.56 Å². The minimum absolute atomic E-state index is 0.146. The van der Waals surface area contributed by atoms with Crippen LogP contribution in [-0.2, 0) is 17.9 Å². The first-order valence-electron chi connectivity index (χ1n) is 11.0. The highest BCUT2D eigenvalue weighted by molar-refractivity contribution is 9.10. The fourth-order valence-electron chi connectivity index (χ4n) is 3.92. The van der Waals surface area contributed by atoms with Crippen molar-refractivity contribution in [3.8, 4) is 11.3 Å². The molecular weight excluding hydrogens is 468 g/mol. The highest BCUT2D eigenvalue weighted by atomic mass is 79.9. The molecule has 1 amide bonds. The molecule has 2 heterocycles. The van der Waals surface area contributed by atoms with Crippen LogP contribution in [0.3, 0.4) is 0 Å². The van der Waals surface area contributed by atoms with E-state index in [4.69, 9.17) is 0 Å². The van der Waals surface area contributed by atoms with Crippen molar-refractivity contribution in [2.75, 3.05) is 26.2 Å². The Morgan fingerprint density at radius 1 is 0.906 bits per heavy atom. The minimum atomic E-state index is -0.146. The molecule has 0 unspecified atom stereocenters. The molecule has 0 bridgehead atoms. The van der Waals surface area contributed by atoms with Gasteiger partial charge >= 0.3 is 0 Å². The zero-order valence-electron chi connectivity index (χ0n) is 18.0. The van der Waals surface area contributed by atoms with Crippen LogP contribution in [0.5, 0.6) is 0 Å². The molecule has 1 saturated heterocycles. The number of aryl methyl sites for hydroxylation is 1. The molecule has 1 fully saturated rings. The van der Waals surface area contributed by atoms with Crippen LogP contribution in [0.4, 0.5) is 0 Å². The molecular formula is C25H27BrN4O2. The third kappa shape index (κ3) is 5.93. The van der Waals surface area contributed by atoms with Crippen molar-refractivity contribution in [1.29, 1.82) is 0 Å². The van der Waals surface area contributed by atoms with Crippen molar-refractivity contribution in [2.24, 2.45) is 0 Å². The highest BCUT2D eigenvalue weighted by Gasteiger charge is 2.20. The van der Waals surface area contributed by atoms with Crippen LogP contribution in [0, 0.1) is 0 Å². The number of hydrogen-bond donors (Lipinski definition) is 0. The summed E-state index contributed by atoms with van der Waals surface area (Å²) in [6.07, 6.45) is 1.02. The fraction of sp³-hybridized carbons (Fsp3) is 0.320. The lowest BCUT2D eigenvalue weighted by Gasteiger charge is -2.34. The molecule has 0 atom stereocenters. The summed E-state index contributed by atoms with van der Waals surface area (Å²) in [6, 6.07) is 21.5. The van der Waals surface area contributed by atoms with E-state index in [1.54, 1.807) is 6.07 Å². The van der Waals surface area contributed by atoms with Gasteiger partial charge in [-0.3, -0.25) is 14.5 Å². The second kappa shape index (κ2) is 10.7. The molecule has 0 radical (unpaired) electrons. The molecule has 1 aliphatic heterocycles. The Hall–Kier alpha value is -2.77. The summed E-state index contributed by atoms with van der Waals surface area (Å²) >= 11 is 3.43. The van der Waals surface area contributed by atoms with E-state index in [1.807, 2.05) is 35.2 Å². The van der Waals surface area contributed by atoms with Gasteiger partial charge in [-0.15, -0.1) is 0 Å². The van der Waals surface area contributed by atoms with Crippen LogP contribution in [0.2, 0.25) is 0 Å². The normalized spacial score (nSPS) is 14.5. The Labute approximate surface area is 196 Å². The zero-order valence-corrected chi connectivity index (χ0v) is 19.6. The average Bonchev–Trinajstić information content (AvgIpc) is 2.82. The lowest BCUT2D eigenvalue weighted by atomic mass is 10.1. The number of rotatable bonds is 7. The predicted molar refractivity (Wildman–Crippen MR) is 129 cm³/mol. The molecule has 0 N–H and O–H groups in total. The van der Waals surface area contributed by atoms with Gasteiger partial charge < -0.3 is 4.90 Å². The van der Waals surface area contributed by atoms with E-state index in [0.717, 1.165) is 48.5 Å². The summed E-state index contributed by atoms with van der Waals surface area (Å²) in [6.45, 7) is 4.63. The second-order valence-corrected chi connectivity index (χ2v) is 8.95. The maximum atomic E-state index is 12.7. The molecule has 0 spiro atoms. The van der Waals surface area contributed by atoms with E-state index in [2.05, 4.69) is 50.2 Å². The molecule has 32 heavy (non-hydrogen) atoms. The smallest absolute Gasteiger partial charge is 0.266 e. The number of carbonyl (C=O) groups excluding carboxylic acids is 1. The molecule has 2 aromatic carbocycles. The van der Waals surface area contributed by atoms with Gasteiger partial charge in [0.1, 0.15) is 0 Å². The van der Waals surface area contributed by atoms with Gasteiger partial charge in [-0.05, 0) is 30.2 Å². The standard InChI is InChI=1S/C25H27BrN4O2/c26-22-10-8-21(9-11-22)23-12-13-25(32)30(27-23)14-4-7-24(31)29-17-15-28(16-18-29)19-20-5-2-1-3-6-20/h1-3,5-6,8-13H,4,7,14-19H2. The molecule has 6 nitrogen and oxygen atoms in total. The summed E-state index contributed by atoms with van der Waals surface area (Å²) in [5.41, 5.74) is 2.85. The number of benzene rings is 2. The van der Waals surface area contributed by atoms with E-state index in [1.165, 1.54) is 16.3 Å². The first-order valence-corrected chi connectivity index (χ1v) is 11.8. The van der Waals surface area contributed by atoms with Gasteiger partial charge in [0.15, 0.2) is 0 Å². The number of hydrogen-bond acceptors (Lipinski definition) is 4. The zero-order chi connectivity index (χ0) is 22.3.